The number of benzene rings is 1. The second kappa shape index (κ2) is 10.00. The molecule has 5 heteroatoms. The molecule has 0 amide bonds. The van der Waals surface area contributed by atoms with E-state index >= 15 is 0 Å². The lowest BCUT2D eigenvalue weighted by Crippen LogP contribution is -2.38. The molecule has 0 fully saturated rings. The van der Waals surface area contributed by atoms with E-state index in [1.165, 1.54) is 18.4 Å². The highest BCUT2D eigenvalue weighted by molar-refractivity contribution is 5.78. The standard InChI is InChI=1S/C21H33N5/c1-16(2)7-5-8-17(3)25-21(22)24-14-19-9-6-10-20(13-19)15-26-12-11-23-18(26)4/h6,9-13,16-17H,5,7-8,14-15H2,1-4H3,(H3,22,24,25). The summed E-state index contributed by atoms with van der Waals surface area (Å²) >= 11 is 0. The third-order valence-corrected chi connectivity index (χ3v) is 4.51. The van der Waals surface area contributed by atoms with E-state index < -0.39 is 0 Å². The molecule has 1 unspecified atom stereocenters. The fraction of sp³-hybridized carbons (Fsp3) is 0.524. The van der Waals surface area contributed by atoms with Crippen LogP contribution >= 0.6 is 0 Å². The van der Waals surface area contributed by atoms with Gasteiger partial charge in [0.25, 0.3) is 0 Å². The van der Waals surface area contributed by atoms with Gasteiger partial charge in [0.15, 0.2) is 5.96 Å². The van der Waals surface area contributed by atoms with Gasteiger partial charge in [0.1, 0.15) is 5.82 Å². The SMILES string of the molecule is Cc1nccn1Cc1cccc(CN=C(N)NC(C)CCCC(C)C)c1. The average Bonchev–Trinajstić information content (AvgIpc) is 2.98. The van der Waals surface area contributed by atoms with Crippen molar-refractivity contribution in [2.24, 2.45) is 16.6 Å². The molecule has 1 atom stereocenters. The summed E-state index contributed by atoms with van der Waals surface area (Å²) in [5.74, 6) is 2.30. The number of rotatable bonds is 9. The van der Waals surface area contributed by atoms with Gasteiger partial charge < -0.3 is 15.6 Å². The molecule has 1 heterocycles. The molecule has 1 aromatic carbocycles. The summed E-state index contributed by atoms with van der Waals surface area (Å²) in [5.41, 5.74) is 8.46. The Hall–Kier alpha value is -2.30. The van der Waals surface area contributed by atoms with E-state index in [1.807, 2.05) is 19.3 Å². The van der Waals surface area contributed by atoms with Crippen LogP contribution in [-0.4, -0.2) is 21.6 Å². The van der Waals surface area contributed by atoms with E-state index in [-0.39, 0.29) is 0 Å². The second-order valence-electron chi connectivity index (χ2n) is 7.49. The van der Waals surface area contributed by atoms with Crippen LogP contribution < -0.4 is 11.1 Å². The van der Waals surface area contributed by atoms with Crippen LogP contribution in [0.15, 0.2) is 41.7 Å². The predicted molar refractivity (Wildman–Crippen MR) is 109 cm³/mol. The van der Waals surface area contributed by atoms with Gasteiger partial charge in [-0.05, 0) is 37.3 Å². The van der Waals surface area contributed by atoms with Crippen LogP contribution in [0.3, 0.4) is 0 Å². The average molecular weight is 356 g/mol. The minimum atomic E-state index is 0.355. The van der Waals surface area contributed by atoms with Crippen molar-refractivity contribution < 1.29 is 0 Å². The quantitative estimate of drug-likeness (QED) is 0.530. The summed E-state index contributed by atoms with van der Waals surface area (Å²) in [6.07, 6.45) is 7.43. The number of hydrogen-bond acceptors (Lipinski definition) is 2. The highest BCUT2D eigenvalue weighted by Crippen LogP contribution is 2.10. The normalized spacial score (nSPS) is 13.2. The van der Waals surface area contributed by atoms with E-state index in [0.717, 1.165) is 30.3 Å². The summed E-state index contributed by atoms with van der Waals surface area (Å²) in [6.45, 7) is 10.1. The van der Waals surface area contributed by atoms with Crippen LogP contribution in [0.1, 0.15) is 57.0 Å². The number of hydrogen-bond donors (Lipinski definition) is 2. The molecule has 0 aliphatic heterocycles. The summed E-state index contributed by atoms with van der Waals surface area (Å²) < 4.78 is 2.14. The first kappa shape index (κ1) is 20.0. The number of guanidine groups is 1. The molecule has 0 bridgehead atoms. The molecule has 3 N–H and O–H groups in total. The van der Waals surface area contributed by atoms with Crippen molar-refractivity contribution in [1.29, 1.82) is 0 Å². The molecule has 26 heavy (non-hydrogen) atoms. The topological polar surface area (TPSA) is 68.2 Å². The van der Waals surface area contributed by atoms with Crippen LogP contribution in [-0.2, 0) is 13.1 Å². The third kappa shape index (κ3) is 6.90. The highest BCUT2D eigenvalue weighted by Gasteiger charge is 2.04. The molecule has 0 aliphatic rings. The number of aromatic nitrogens is 2. The number of aryl methyl sites for hydroxylation is 1. The van der Waals surface area contributed by atoms with Crippen molar-refractivity contribution in [3.05, 3.63) is 53.6 Å². The van der Waals surface area contributed by atoms with Crippen LogP contribution in [0.5, 0.6) is 0 Å². The van der Waals surface area contributed by atoms with E-state index in [2.05, 4.69) is 64.9 Å². The summed E-state index contributed by atoms with van der Waals surface area (Å²) in [6, 6.07) is 8.83. The van der Waals surface area contributed by atoms with Crippen LogP contribution in [0.25, 0.3) is 0 Å². The van der Waals surface area contributed by atoms with Gasteiger partial charge in [0, 0.05) is 25.0 Å². The zero-order chi connectivity index (χ0) is 18.9. The lowest BCUT2D eigenvalue weighted by molar-refractivity contribution is 0.493. The molecule has 0 aliphatic carbocycles. The zero-order valence-corrected chi connectivity index (χ0v) is 16.6. The van der Waals surface area contributed by atoms with Gasteiger partial charge in [-0.25, -0.2) is 9.98 Å². The summed E-state index contributed by atoms with van der Waals surface area (Å²) in [5, 5.41) is 3.30. The van der Waals surface area contributed by atoms with Crippen molar-refractivity contribution in [2.45, 2.75) is 66.1 Å². The van der Waals surface area contributed by atoms with Gasteiger partial charge in [0.05, 0.1) is 6.54 Å². The zero-order valence-electron chi connectivity index (χ0n) is 16.6. The predicted octanol–water partition coefficient (Wildman–Crippen LogP) is 3.86. The Balaban J connectivity index is 1.85. The fourth-order valence-electron chi connectivity index (χ4n) is 2.97. The third-order valence-electron chi connectivity index (χ3n) is 4.51. The molecule has 0 radical (unpaired) electrons. The number of nitrogens with two attached hydrogens (primary N) is 1. The highest BCUT2D eigenvalue weighted by atomic mass is 15.1. The number of aliphatic imine (C=N–C) groups is 1. The minimum absolute atomic E-state index is 0.355. The Morgan fingerprint density at radius 1 is 1.23 bits per heavy atom. The fourth-order valence-corrected chi connectivity index (χ4v) is 2.97. The van der Waals surface area contributed by atoms with Crippen molar-refractivity contribution >= 4 is 5.96 Å². The first-order valence-corrected chi connectivity index (χ1v) is 9.56. The summed E-state index contributed by atoms with van der Waals surface area (Å²) in [7, 11) is 0. The Morgan fingerprint density at radius 2 is 2.00 bits per heavy atom. The largest absolute Gasteiger partial charge is 0.370 e. The van der Waals surface area contributed by atoms with E-state index in [4.69, 9.17) is 5.73 Å². The number of imidazole rings is 1. The molecule has 0 saturated carbocycles. The maximum absolute atomic E-state index is 6.05. The smallest absolute Gasteiger partial charge is 0.189 e. The Kier molecular flexibility index (Phi) is 7.70. The lowest BCUT2D eigenvalue weighted by Gasteiger charge is -2.15. The van der Waals surface area contributed by atoms with Crippen molar-refractivity contribution in [2.75, 3.05) is 0 Å². The molecule has 0 spiro atoms. The van der Waals surface area contributed by atoms with E-state index in [0.29, 0.717) is 18.5 Å². The first-order valence-electron chi connectivity index (χ1n) is 9.56. The first-order chi connectivity index (χ1) is 12.4. The molecule has 2 aromatic rings. The summed E-state index contributed by atoms with van der Waals surface area (Å²) in [4.78, 5) is 8.77. The Morgan fingerprint density at radius 3 is 2.69 bits per heavy atom. The molecule has 5 nitrogen and oxygen atoms in total. The van der Waals surface area contributed by atoms with Crippen LogP contribution in [0, 0.1) is 12.8 Å². The molecule has 2 rings (SSSR count). The number of nitrogens with one attached hydrogen (secondary N) is 1. The van der Waals surface area contributed by atoms with Gasteiger partial charge in [-0.2, -0.15) is 0 Å². The van der Waals surface area contributed by atoms with Gasteiger partial charge in [0.2, 0.25) is 0 Å². The molecular formula is C21H33N5. The van der Waals surface area contributed by atoms with Crippen molar-refractivity contribution in [3.63, 3.8) is 0 Å². The maximum Gasteiger partial charge on any atom is 0.189 e. The lowest BCUT2D eigenvalue weighted by atomic mass is 10.0. The molecule has 142 valence electrons. The van der Waals surface area contributed by atoms with Gasteiger partial charge >= 0.3 is 0 Å². The van der Waals surface area contributed by atoms with Gasteiger partial charge in [-0.15, -0.1) is 0 Å². The van der Waals surface area contributed by atoms with Crippen molar-refractivity contribution in [3.8, 4) is 0 Å². The van der Waals surface area contributed by atoms with E-state index in [9.17, 15) is 0 Å². The van der Waals surface area contributed by atoms with E-state index in [1.54, 1.807) is 0 Å². The maximum atomic E-state index is 6.05. The van der Waals surface area contributed by atoms with Gasteiger partial charge in [-0.1, -0.05) is 51.0 Å². The van der Waals surface area contributed by atoms with Crippen molar-refractivity contribution in [1.82, 2.24) is 14.9 Å². The van der Waals surface area contributed by atoms with Gasteiger partial charge in [-0.3, -0.25) is 0 Å². The second-order valence-corrected chi connectivity index (χ2v) is 7.49. The van der Waals surface area contributed by atoms with Crippen LogP contribution in [0.2, 0.25) is 0 Å². The molecular weight excluding hydrogens is 322 g/mol. The number of nitrogens with zero attached hydrogens (tertiary/aromatic N) is 3. The minimum Gasteiger partial charge on any atom is -0.370 e. The molecule has 1 aromatic heterocycles. The Labute approximate surface area is 157 Å². The molecule has 0 saturated heterocycles. The monoisotopic (exact) mass is 355 g/mol. The van der Waals surface area contributed by atoms with Crippen LogP contribution in [0.4, 0.5) is 0 Å². The Bertz CT molecular complexity index is 702.